The van der Waals surface area contributed by atoms with Crippen LogP contribution in [0.25, 0.3) is 22.0 Å². The van der Waals surface area contributed by atoms with Gasteiger partial charge in [-0.25, -0.2) is 0 Å². The zero-order valence-corrected chi connectivity index (χ0v) is 24.8. The van der Waals surface area contributed by atoms with Crippen LogP contribution in [0.4, 0.5) is 5.82 Å². The molecule has 0 amide bonds. The van der Waals surface area contributed by atoms with Crippen molar-refractivity contribution in [2.24, 2.45) is 0 Å². The lowest BCUT2D eigenvalue weighted by molar-refractivity contribution is 0.399. The predicted octanol–water partition coefficient (Wildman–Crippen LogP) is 6.12. The Bertz CT molecular complexity index is 1760. The van der Waals surface area contributed by atoms with Gasteiger partial charge in [-0.05, 0) is 76.8 Å². The van der Waals surface area contributed by atoms with Gasteiger partial charge in [-0.2, -0.15) is 13.5 Å². The van der Waals surface area contributed by atoms with E-state index >= 15 is 0 Å². The summed E-state index contributed by atoms with van der Waals surface area (Å²) in [6.07, 6.45) is 0.866. The number of nitrogens with two attached hydrogens (primary N) is 1. The number of benzene rings is 1. The van der Waals surface area contributed by atoms with Crippen molar-refractivity contribution in [2.75, 3.05) is 5.73 Å². The van der Waals surface area contributed by atoms with Crippen molar-refractivity contribution < 1.29 is 17.5 Å². The molecule has 0 aliphatic heterocycles. The molecule has 4 aromatic heterocycles. The highest BCUT2D eigenvalue weighted by Gasteiger charge is 2.21. The molecule has 0 spiro atoms. The van der Waals surface area contributed by atoms with Crippen LogP contribution in [0, 0.1) is 41.5 Å². The Morgan fingerprint density at radius 2 is 1.74 bits per heavy atom. The summed E-state index contributed by atoms with van der Waals surface area (Å²) in [6, 6.07) is 9.87. The second kappa shape index (κ2) is 10.9. The summed E-state index contributed by atoms with van der Waals surface area (Å²) in [5, 5.41) is 9.36. The molecular formula is C28H33N5O4S2. The SMILES string of the molecule is CCc1cc2c(c(C)n1)c(C)nn2Cc1ccc(-c2cc(C)sc2S(=O)(=O)O)c(C)c1.Cc1onc(N)c1C. The van der Waals surface area contributed by atoms with E-state index in [0.29, 0.717) is 17.9 Å². The van der Waals surface area contributed by atoms with Gasteiger partial charge in [-0.15, -0.1) is 11.3 Å². The van der Waals surface area contributed by atoms with Crippen LogP contribution in [-0.2, 0) is 23.1 Å². The van der Waals surface area contributed by atoms with Gasteiger partial charge in [0, 0.05) is 32.8 Å². The van der Waals surface area contributed by atoms with Crippen molar-refractivity contribution in [1.29, 1.82) is 0 Å². The molecule has 0 unspecified atom stereocenters. The van der Waals surface area contributed by atoms with Gasteiger partial charge in [0.25, 0.3) is 0 Å². The Kier molecular flexibility index (Phi) is 7.97. The van der Waals surface area contributed by atoms with Gasteiger partial charge in [0.15, 0.2) is 10.0 Å². The van der Waals surface area contributed by atoms with Gasteiger partial charge >= 0.3 is 10.1 Å². The van der Waals surface area contributed by atoms with Crippen LogP contribution in [0.1, 0.15) is 51.3 Å². The van der Waals surface area contributed by atoms with E-state index in [0.717, 1.165) is 78.6 Å². The van der Waals surface area contributed by atoms with Crippen LogP contribution in [0.2, 0.25) is 0 Å². The third-order valence-corrected chi connectivity index (χ3v) is 9.08. The fourth-order valence-electron chi connectivity index (χ4n) is 4.56. The third-order valence-electron chi connectivity index (χ3n) is 6.67. The number of anilines is 1. The number of thiophene rings is 1. The van der Waals surface area contributed by atoms with Crippen molar-refractivity contribution in [3.8, 4) is 11.1 Å². The number of aromatic nitrogens is 4. The minimum atomic E-state index is -4.27. The van der Waals surface area contributed by atoms with E-state index in [4.69, 9.17) is 15.4 Å². The molecule has 0 aliphatic carbocycles. The van der Waals surface area contributed by atoms with Gasteiger partial charge in [0.05, 0.1) is 17.8 Å². The molecule has 0 saturated heterocycles. The number of aryl methyl sites for hydroxylation is 6. The third kappa shape index (κ3) is 5.90. The largest absolute Gasteiger partial charge is 0.381 e. The first-order chi connectivity index (χ1) is 18.3. The van der Waals surface area contributed by atoms with Crippen molar-refractivity contribution in [3.63, 3.8) is 0 Å². The van der Waals surface area contributed by atoms with Crippen molar-refractivity contribution in [2.45, 2.75) is 65.6 Å². The minimum absolute atomic E-state index is 0.00962. The van der Waals surface area contributed by atoms with E-state index in [1.165, 1.54) is 0 Å². The Hall–Kier alpha value is -3.54. The first-order valence-electron chi connectivity index (χ1n) is 12.5. The number of hydrogen-bond donors (Lipinski definition) is 2. The number of fused-ring (bicyclic) bond motifs is 1. The van der Waals surface area contributed by atoms with Crippen molar-refractivity contribution >= 4 is 38.2 Å². The van der Waals surface area contributed by atoms with E-state index in [1.54, 1.807) is 0 Å². The fraction of sp³-hybridized carbons (Fsp3) is 0.321. The van der Waals surface area contributed by atoms with Crippen LogP contribution in [0.3, 0.4) is 0 Å². The summed E-state index contributed by atoms with van der Waals surface area (Å²) in [5.74, 6) is 1.28. The van der Waals surface area contributed by atoms with Crippen LogP contribution < -0.4 is 5.73 Å². The Labute approximate surface area is 232 Å². The molecule has 11 heteroatoms. The molecule has 0 aliphatic rings. The van der Waals surface area contributed by atoms with Crippen LogP contribution in [-0.4, -0.2) is 32.9 Å². The summed E-state index contributed by atoms with van der Waals surface area (Å²) in [6.45, 7) is 14.2. The lowest BCUT2D eigenvalue weighted by Crippen LogP contribution is -2.03. The van der Waals surface area contributed by atoms with Gasteiger partial charge in [0.1, 0.15) is 5.76 Å². The van der Waals surface area contributed by atoms with E-state index < -0.39 is 10.1 Å². The quantitative estimate of drug-likeness (QED) is 0.242. The molecule has 1 aromatic carbocycles. The maximum absolute atomic E-state index is 11.8. The minimum Gasteiger partial charge on any atom is -0.381 e. The molecule has 0 saturated carbocycles. The average molecular weight is 568 g/mol. The number of nitrogens with zero attached hydrogens (tertiary/aromatic N) is 4. The number of rotatable bonds is 5. The predicted molar refractivity (Wildman–Crippen MR) is 155 cm³/mol. The van der Waals surface area contributed by atoms with Crippen LogP contribution in [0.5, 0.6) is 0 Å². The normalized spacial score (nSPS) is 11.6. The van der Waals surface area contributed by atoms with E-state index in [-0.39, 0.29) is 4.21 Å². The van der Waals surface area contributed by atoms with Crippen LogP contribution >= 0.6 is 11.3 Å². The maximum atomic E-state index is 11.8. The first kappa shape index (κ1) is 28.5. The first-order valence-corrected chi connectivity index (χ1v) is 14.8. The van der Waals surface area contributed by atoms with Gasteiger partial charge in [-0.1, -0.05) is 30.3 Å². The van der Waals surface area contributed by atoms with E-state index in [2.05, 4.69) is 23.1 Å². The lowest BCUT2D eigenvalue weighted by Gasteiger charge is -2.10. The number of nitrogen functional groups attached to an aromatic ring is 1. The zero-order valence-electron chi connectivity index (χ0n) is 23.2. The van der Waals surface area contributed by atoms with E-state index in [1.807, 2.05) is 70.5 Å². The lowest BCUT2D eigenvalue weighted by atomic mass is 10.0. The summed E-state index contributed by atoms with van der Waals surface area (Å²) in [5.41, 5.74) is 13.7. The Morgan fingerprint density at radius 3 is 2.28 bits per heavy atom. The summed E-state index contributed by atoms with van der Waals surface area (Å²) in [7, 11) is -4.27. The Balaban J connectivity index is 0.000000379. The average Bonchev–Trinajstić information content (AvgIpc) is 3.50. The highest BCUT2D eigenvalue weighted by molar-refractivity contribution is 7.88. The molecule has 9 nitrogen and oxygen atoms in total. The number of pyridine rings is 1. The molecule has 5 aromatic rings. The Morgan fingerprint density at radius 1 is 1.03 bits per heavy atom. The molecular weight excluding hydrogens is 534 g/mol. The zero-order chi connectivity index (χ0) is 28.6. The highest BCUT2D eigenvalue weighted by Crippen LogP contribution is 2.36. The highest BCUT2D eigenvalue weighted by atomic mass is 32.3. The second-order valence-electron chi connectivity index (χ2n) is 9.62. The van der Waals surface area contributed by atoms with Gasteiger partial charge in [-0.3, -0.25) is 14.2 Å². The van der Waals surface area contributed by atoms with Gasteiger partial charge < -0.3 is 10.3 Å². The molecule has 0 fully saturated rings. The molecule has 0 bridgehead atoms. The molecule has 39 heavy (non-hydrogen) atoms. The molecule has 0 atom stereocenters. The van der Waals surface area contributed by atoms with Crippen LogP contribution in [0.15, 0.2) is 39.1 Å². The standard InChI is InChI=1S/C23H25N3O3S2.C5H8N2O/c1-6-18-11-21-22(15(4)24-18)16(5)25-26(21)12-17-7-8-19(13(2)9-17)20-10-14(3)30-23(20)31(27,28)29;1-3-4(2)8-7-5(3)6/h7-11H,6,12H2,1-5H3,(H,27,28,29);1-2H3,(H2,6,7). The second-order valence-corrected chi connectivity index (χ2v) is 12.5. The summed E-state index contributed by atoms with van der Waals surface area (Å²) < 4.78 is 40.0. The molecule has 4 heterocycles. The topological polar surface area (TPSA) is 137 Å². The molecule has 0 radical (unpaired) electrons. The molecule has 3 N–H and O–H groups in total. The van der Waals surface area contributed by atoms with Crippen molar-refractivity contribution in [3.05, 3.63) is 74.7 Å². The van der Waals surface area contributed by atoms with E-state index in [9.17, 15) is 13.0 Å². The molecule has 5 rings (SSSR count). The van der Waals surface area contributed by atoms with Crippen molar-refractivity contribution in [1.82, 2.24) is 19.9 Å². The summed E-state index contributed by atoms with van der Waals surface area (Å²) in [4.78, 5) is 5.50. The molecule has 206 valence electrons. The maximum Gasteiger partial charge on any atom is 0.304 e. The smallest absolute Gasteiger partial charge is 0.304 e. The van der Waals surface area contributed by atoms with Gasteiger partial charge in [0.2, 0.25) is 0 Å². The fourth-order valence-corrected chi connectivity index (χ4v) is 6.57. The number of hydrogen-bond acceptors (Lipinski definition) is 8. The monoisotopic (exact) mass is 567 g/mol. The summed E-state index contributed by atoms with van der Waals surface area (Å²) >= 11 is 1.08.